The predicted octanol–water partition coefficient (Wildman–Crippen LogP) is 3.26. The van der Waals surface area contributed by atoms with E-state index in [1.165, 1.54) is 10.5 Å². The van der Waals surface area contributed by atoms with Crippen LogP contribution < -0.4 is 5.32 Å². The lowest BCUT2D eigenvalue weighted by atomic mass is 9.87. The van der Waals surface area contributed by atoms with Crippen LogP contribution >= 0.6 is 27.7 Å². The maximum atomic E-state index is 11.5. The van der Waals surface area contributed by atoms with E-state index in [1.54, 1.807) is 0 Å². The molecule has 3 rings (SSSR count). The molecule has 4 heteroatoms. The van der Waals surface area contributed by atoms with E-state index < -0.39 is 0 Å². The summed E-state index contributed by atoms with van der Waals surface area (Å²) in [5, 5.41) is 3.12. The molecule has 1 aromatic carbocycles. The van der Waals surface area contributed by atoms with Gasteiger partial charge in [-0.05, 0) is 37.1 Å². The van der Waals surface area contributed by atoms with E-state index in [-0.39, 0.29) is 16.7 Å². The van der Waals surface area contributed by atoms with Gasteiger partial charge in [-0.25, -0.2) is 0 Å². The Kier molecular flexibility index (Phi) is 2.33. The van der Waals surface area contributed by atoms with Gasteiger partial charge >= 0.3 is 0 Å². The van der Waals surface area contributed by atoms with Gasteiger partial charge in [0.25, 0.3) is 0 Å². The minimum atomic E-state index is 0.136. The summed E-state index contributed by atoms with van der Waals surface area (Å²) >= 11 is 5.39. The van der Waals surface area contributed by atoms with Crippen molar-refractivity contribution in [1.29, 1.82) is 0 Å². The van der Waals surface area contributed by atoms with Crippen LogP contribution in [0.25, 0.3) is 0 Å². The first-order chi connectivity index (χ1) is 7.58. The molecular weight excluding hydrogens is 286 g/mol. The van der Waals surface area contributed by atoms with Crippen LogP contribution in [0.3, 0.4) is 0 Å². The third-order valence-electron chi connectivity index (χ3n) is 3.39. The summed E-state index contributed by atoms with van der Waals surface area (Å²) in [6.45, 7) is 2.25. The third-order valence-corrected chi connectivity index (χ3v) is 5.38. The molecule has 1 amide bonds. The van der Waals surface area contributed by atoms with Crippen LogP contribution in [0.1, 0.15) is 31.4 Å². The van der Waals surface area contributed by atoms with Gasteiger partial charge in [0.2, 0.25) is 5.91 Å². The van der Waals surface area contributed by atoms with Gasteiger partial charge in [0.15, 0.2) is 0 Å². The normalized spacial score (nSPS) is 31.9. The summed E-state index contributed by atoms with van der Waals surface area (Å²) < 4.78 is 1.22. The molecule has 16 heavy (non-hydrogen) atoms. The summed E-state index contributed by atoms with van der Waals surface area (Å²) in [4.78, 5) is 12.8. The largest absolute Gasteiger partial charge is 0.348 e. The molecule has 2 atom stereocenters. The quantitative estimate of drug-likeness (QED) is 0.796. The standard InChI is InChI=1S/C12H12BrNOS/c1-12-5-4-10(15)14-11(12)8-6-7(13)2-3-9(8)16-12/h2-3,6,11H,4-5H2,1H3,(H,14,15)/t11-,12-/m1/s1. The monoisotopic (exact) mass is 297 g/mol. The minimum absolute atomic E-state index is 0.136. The van der Waals surface area contributed by atoms with Crippen molar-refractivity contribution < 1.29 is 4.79 Å². The molecule has 0 spiro atoms. The fourth-order valence-corrected chi connectivity index (χ4v) is 4.32. The number of thioether (sulfide) groups is 1. The van der Waals surface area contributed by atoms with Gasteiger partial charge in [-0.3, -0.25) is 4.79 Å². The van der Waals surface area contributed by atoms with Gasteiger partial charge in [-0.2, -0.15) is 0 Å². The second-order valence-electron chi connectivity index (χ2n) is 4.60. The Morgan fingerprint density at radius 3 is 3.19 bits per heavy atom. The number of hydrogen-bond donors (Lipinski definition) is 1. The first kappa shape index (κ1) is 10.7. The van der Waals surface area contributed by atoms with Crippen molar-refractivity contribution in [3.05, 3.63) is 28.2 Å². The molecule has 0 unspecified atom stereocenters. The number of benzene rings is 1. The minimum Gasteiger partial charge on any atom is -0.348 e. The average Bonchev–Trinajstić information content (AvgIpc) is 2.52. The Labute approximate surface area is 107 Å². The van der Waals surface area contributed by atoms with Gasteiger partial charge < -0.3 is 5.32 Å². The van der Waals surface area contributed by atoms with Crippen molar-refractivity contribution in [1.82, 2.24) is 5.32 Å². The molecule has 1 aromatic rings. The maximum absolute atomic E-state index is 11.5. The van der Waals surface area contributed by atoms with E-state index in [1.807, 2.05) is 11.8 Å². The van der Waals surface area contributed by atoms with Gasteiger partial charge in [0.05, 0.1) is 6.04 Å². The van der Waals surface area contributed by atoms with Crippen molar-refractivity contribution in [3.63, 3.8) is 0 Å². The summed E-state index contributed by atoms with van der Waals surface area (Å²) in [6.07, 6.45) is 1.61. The topological polar surface area (TPSA) is 29.1 Å². The lowest BCUT2D eigenvalue weighted by molar-refractivity contribution is -0.123. The molecule has 2 nitrogen and oxygen atoms in total. The van der Waals surface area contributed by atoms with E-state index in [0.29, 0.717) is 6.42 Å². The Morgan fingerprint density at radius 1 is 1.56 bits per heavy atom. The van der Waals surface area contributed by atoms with Gasteiger partial charge in [0, 0.05) is 20.5 Å². The zero-order chi connectivity index (χ0) is 11.3. The van der Waals surface area contributed by atoms with Crippen molar-refractivity contribution in [2.45, 2.75) is 35.4 Å². The highest BCUT2D eigenvalue weighted by Crippen LogP contribution is 2.55. The molecular formula is C12H12BrNOS. The number of carbonyl (C=O) groups is 1. The maximum Gasteiger partial charge on any atom is 0.220 e. The Hall–Kier alpha value is -0.480. The predicted molar refractivity (Wildman–Crippen MR) is 68.5 cm³/mol. The number of piperidine rings is 1. The van der Waals surface area contributed by atoms with E-state index in [0.717, 1.165) is 10.9 Å². The number of hydrogen-bond acceptors (Lipinski definition) is 2. The summed E-state index contributed by atoms with van der Waals surface area (Å²) in [5.74, 6) is 0.177. The first-order valence-electron chi connectivity index (χ1n) is 5.36. The highest BCUT2D eigenvalue weighted by atomic mass is 79.9. The second-order valence-corrected chi connectivity index (χ2v) is 7.09. The highest BCUT2D eigenvalue weighted by Gasteiger charge is 2.46. The molecule has 1 fully saturated rings. The third kappa shape index (κ3) is 1.51. The van der Waals surface area contributed by atoms with E-state index in [9.17, 15) is 4.79 Å². The van der Waals surface area contributed by atoms with Crippen molar-refractivity contribution in [2.75, 3.05) is 0 Å². The highest BCUT2D eigenvalue weighted by molar-refractivity contribution is 9.10. The molecule has 0 aliphatic carbocycles. The van der Waals surface area contributed by atoms with Crippen LogP contribution in [0.15, 0.2) is 27.6 Å². The van der Waals surface area contributed by atoms with Crippen LogP contribution in [0.2, 0.25) is 0 Å². The number of nitrogens with one attached hydrogen (secondary N) is 1. The lowest BCUT2D eigenvalue weighted by Crippen LogP contribution is -2.44. The van der Waals surface area contributed by atoms with Crippen molar-refractivity contribution in [3.8, 4) is 0 Å². The zero-order valence-electron chi connectivity index (χ0n) is 8.92. The van der Waals surface area contributed by atoms with Crippen LogP contribution in [0, 0.1) is 0 Å². The Balaban J connectivity index is 2.08. The molecule has 2 heterocycles. The molecule has 1 saturated heterocycles. The van der Waals surface area contributed by atoms with Crippen LogP contribution in [0.4, 0.5) is 0 Å². The van der Waals surface area contributed by atoms with Crippen molar-refractivity contribution >= 4 is 33.6 Å². The van der Waals surface area contributed by atoms with Gasteiger partial charge in [-0.15, -0.1) is 11.8 Å². The molecule has 84 valence electrons. The van der Waals surface area contributed by atoms with Gasteiger partial charge in [0.1, 0.15) is 0 Å². The molecule has 0 aromatic heterocycles. The summed E-state index contributed by atoms with van der Waals surface area (Å²) in [5.41, 5.74) is 1.26. The summed E-state index contributed by atoms with van der Waals surface area (Å²) in [7, 11) is 0. The van der Waals surface area contributed by atoms with Crippen LogP contribution in [-0.4, -0.2) is 10.7 Å². The number of carbonyl (C=O) groups excluding carboxylic acids is 1. The number of amides is 1. The van der Waals surface area contributed by atoms with Crippen molar-refractivity contribution in [2.24, 2.45) is 0 Å². The molecule has 2 aliphatic rings. The number of rotatable bonds is 0. The van der Waals surface area contributed by atoms with E-state index >= 15 is 0 Å². The zero-order valence-corrected chi connectivity index (χ0v) is 11.3. The Bertz CT molecular complexity index is 476. The molecule has 2 aliphatic heterocycles. The molecule has 1 N–H and O–H groups in total. The van der Waals surface area contributed by atoms with E-state index in [4.69, 9.17) is 0 Å². The smallest absolute Gasteiger partial charge is 0.220 e. The second kappa shape index (κ2) is 3.50. The number of fused-ring (bicyclic) bond motifs is 3. The van der Waals surface area contributed by atoms with E-state index in [2.05, 4.69) is 46.4 Å². The average molecular weight is 298 g/mol. The number of halogens is 1. The lowest BCUT2D eigenvalue weighted by Gasteiger charge is -2.35. The Morgan fingerprint density at radius 2 is 2.38 bits per heavy atom. The fourth-order valence-electron chi connectivity index (χ4n) is 2.50. The fraction of sp³-hybridized carbons (Fsp3) is 0.417. The summed E-state index contributed by atoms with van der Waals surface area (Å²) in [6, 6.07) is 6.50. The van der Waals surface area contributed by atoms with Gasteiger partial charge in [-0.1, -0.05) is 15.9 Å². The molecule has 0 bridgehead atoms. The van der Waals surface area contributed by atoms with Crippen LogP contribution in [0.5, 0.6) is 0 Å². The molecule has 0 saturated carbocycles. The SMILES string of the molecule is C[C@@]12CCC(=O)N[C@@H]1c1cc(Br)ccc1S2. The van der Waals surface area contributed by atoms with Crippen LogP contribution in [-0.2, 0) is 4.79 Å². The first-order valence-corrected chi connectivity index (χ1v) is 6.97. The molecule has 0 radical (unpaired) electrons.